The van der Waals surface area contributed by atoms with E-state index in [0.717, 1.165) is 17.8 Å². The summed E-state index contributed by atoms with van der Waals surface area (Å²) < 4.78 is 35.6. The molecule has 1 fully saturated rings. The number of nitrogens with zero attached hydrogens (tertiary/aromatic N) is 3. The first kappa shape index (κ1) is 23.6. The fraction of sp³-hybridized carbons (Fsp3) is 0.364. The number of hydrogen-bond acceptors (Lipinski definition) is 7. The summed E-state index contributed by atoms with van der Waals surface area (Å²) in [4.78, 5) is 20.9. The molecule has 0 bridgehead atoms. The van der Waals surface area contributed by atoms with Crippen LogP contribution in [0.2, 0.25) is 0 Å². The Balaban J connectivity index is 1.95. The minimum absolute atomic E-state index is 0.0228. The van der Waals surface area contributed by atoms with Gasteiger partial charge in [-0.2, -0.15) is 5.26 Å². The number of aromatic nitrogens is 1. The molecule has 1 saturated heterocycles. The maximum atomic E-state index is 16.1. The van der Waals surface area contributed by atoms with Gasteiger partial charge in [0, 0.05) is 24.1 Å². The lowest BCUT2D eigenvalue weighted by Gasteiger charge is -2.50. The summed E-state index contributed by atoms with van der Waals surface area (Å²) in [5.41, 5.74) is 3.18. The van der Waals surface area contributed by atoms with Crippen LogP contribution in [0.25, 0.3) is 0 Å². The third kappa shape index (κ3) is 4.74. The van der Waals surface area contributed by atoms with Gasteiger partial charge in [0.25, 0.3) is 5.91 Å². The van der Waals surface area contributed by atoms with Crippen LogP contribution < -0.4 is 11.1 Å². The van der Waals surface area contributed by atoms with Gasteiger partial charge in [-0.3, -0.25) is 4.79 Å². The standard InChI is InChI=1S/C22H23F2N5O2S/c1-13(22-11-31-15(3)8-21(22,24)12-32-20(26)29-22)6-17(7-14(2)23)28-19(30)18-5-4-16(9-25)10-27-18/h4-7,10,15H,1,8,11-12H2,2-3H3,(H2,26,29)(H,28,30)/b14-7+,17-6+/t15-,21+,22+/m0/s1. The summed E-state index contributed by atoms with van der Waals surface area (Å²) in [7, 11) is 0. The van der Waals surface area contributed by atoms with Crippen molar-refractivity contribution < 1.29 is 18.3 Å². The summed E-state index contributed by atoms with van der Waals surface area (Å²) in [5, 5.41) is 11.6. The Morgan fingerprint density at radius 3 is 2.88 bits per heavy atom. The summed E-state index contributed by atoms with van der Waals surface area (Å²) in [5.74, 6) is -1.14. The molecule has 3 N–H and O–H groups in total. The number of ether oxygens (including phenoxy) is 1. The Labute approximate surface area is 189 Å². The molecule has 2 aliphatic heterocycles. The molecule has 0 saturated carbocycles. The predicted octanol–water partition coefficient (Wildman–Crippen LogP) is 3.31. The summed E-state index contributed by atoms with van der Waals surface area (Å²) in [6.07, 6.45) is 3.49. The smallest absolute Gasteiger partial charge is 0.274 e. The van der Waals surface area contributed by atoms with Crippen LogP contribution in [0, 0.1) is 11.3 Å². The number of allylic oxidation sites excluding steroid dienone is 2. The topological polar surface area (TPSA) is 113 Å². The van der Waals surface area contributed by atoms with Crippen LogP contribution in [0.4, 0.5) is 8.78 Å². The number of carbonyl (C=O) groups excluding carboxylic acids is 1. The first-order chi connectivity index (χ1) is 15.1. The average Bonchev–Trinajstić information content (AvgIpc) is 2.73. The number of nitriles is 1. The first-order valence-electron chi connectivity index (χ1n) is 9.79. The number of aliphatic imine (C=N–C) groups is 1. The highest BCUT2D eigenvalue weighted by molar-refractivity contribution is 8.13. The second kappa shape index (κ2) is 9.22. The molecule has 0 unspecified atom stereocenters. The van der Waals surface area contributed by atoms with Crippen molar-refractivity contribution in [2.75, 3.05) is 12.4 Å². The Kier molecular flexibility index (Phi) is 6.81. The molecule has 1 aromatic rings. The van der Waals surface area contributed by atoms with Crippen LogP contribution in [0.1, 0.15) is 36.3 Å². The molecular formula is C22H23F2N5O2S. The van der Waals surface area contributed by atoms with E-state index >= 15 is 4.39 Å². The van der Waals surface area contributed by atoms with Crippen LogP contribution in [0.15, 0.2) is 59.1 Å². The molecule has 7 nitrogen and oxygen atoms in total. The number of fused-ring (bicyclic) bond motifs is 1. The number of hydrogen-bond donors (Lipinski definition) is 2. The molecule has 10 heteroatoms. The molecule has 0 aromatic carbocycles. The van der Waals surface area contributed by atoms with Crippen molar-refractivity contribution in [1.29, 1.82) is 5.26 Å². The third-order valence-electron chi connectivity index (χ3n) is 5.28. The molecule has 3 heterocycles. The fourth-order valence-electron chi connectivity index (χ4n) is 3.67. The number of pyridine rings is 1. The van der Waals surface area contributed by atoms with Crippen molar-refractivity contribution in [2.45, 2.75) is 37.6 Å². The average molecular weight is 460 g/mol. The number of amidine groups is 1. The number of nitrogens with one attached hydrogen (secondary N) is 1. The van der Waals surface area contributed by atoms with Crippen molar-refractivity contribution in [3.05, 3.63) is 65.4 Å². The Bertz CT molecular complexity index is 1060. The summed E-state index contributed by atoms with van der Waals surface area (Å²) >= 11 is 1.12. The first-order valence-corrected chi connectivity index (χ1v) is 10.8. The van der Waals surface area contributed by atoms with E-state index in [-0.39, 0.29) is 47.0 Å². The van der Waals surface area contributed by atoms with E-state index in [1.54, 1.807) is 6.92 Å². The Morgan fingerprint density at radius 2 is 2.25 bits per heavy atom. The predicted molar refractivity (Wildman–Crippen MR) is 119 cm³/mol. The number of alkyl halides is 1. The van der Waals surface area contributed by atoms with Crippen LogP contribution in [-0.2, 0) is 4.74 Å². The Morgan fingerprint density at radius 1 is 1.50 bits per heavy atom. The van der Waals surface area contributed by atoms with Gasteiger partial charge in [-0.1, -0.05) is 18.3 Å². The number of halogens is 2. The lowest BCUT2D eigenvalue weighted by Crippen LogP contribution is -2.63. The largest absolute Gasteiger partial charge is 0.379 e. The third-order valence-corrected chi connectivity index (χ3v) is 6.27. The van der Waals surface area contributed by atoms with Gasteiger partial charge < -0.3 is 15.8 Å². The second-order valence-corrected chi connectivity index (χ2v) is 8.74. The van der Waals surface area contributed by atoms with Crippen LogP contribution in [-0.4, -0.2) is 45.7 Å². The minimum Gasteiger partial charge on any atom is -0.379 e. The van der Waals surface area contributed by atoms with E-state index in [1.807, 2.05) is 6.07 Å². The molecule has 0 aliphatic carbocycles. The van der Waals surface area contributed by atoms with Crippen molar-refractivity contribution in [2.24, 2.45) is 10.7 Å². The fourth-order valence-corrected chi connectivity index (χ4v) is 4.63. The number of amides is 1. The zero-order valence-electron chi connectivity index (χ0n) is 17.7. The van der Waals surface area contributed by atoms with Gasteiger partial charge in [0.15, 0.2) is 10.8 Å². The van der Waals surface area contributed by atoms with Crippen molar-refractivity contribution in [1.82, 2.24) is 10.3 Å². The van der Waals surface area contributed by atoms with E-state index in [1.165, 1.54) is 31.3 Å². The highest BCUT2D eigenvalue weighted by atomic mass is 32.2. The van der Waals surface area contributed by atoms with Crippen LogP contribution in [0.5, 0.6) is 0 Å². The normalized spacial score (nSPS) is 28.2. The summed E-state index contributed by atoms with van der Waals surface area (Å²) in [6.45, 7) is 6.89. The highest BCUT2D eigenvalue weighted by Crippen LogP contribution is 2.49. The maximum Gasteiger partial charge on any atom is 0.274 e. The number of thioether (sulfide) groups is 1. The molecular weight excluding hydrogens is 436 g/mol. The van der Waals surface area contributed by atoms with Crippen LogP contribution in [0.3, 0.4) is 0 Å². The van der Waals surface area contributed by atoms with E-state index in [4.69, 9.17) is 15.7 Å². The molecule has 0 radical (unpaired) electrons. The SMILES string of the molecule is C=C(/C=C(\C=C(/C)F)NC(=O)c1ccc(C#N)cn1)[C@]12CO[C@@H](C)C[C@@]1(F)CSC(N)=N2. The van der Waals surface area contributed by atoms with Crippen LogP contribution >= 0.6 is 11.8 Å². The van der Waals surface area contributed by atoms with Gasteiger partial charge in [-0.05, 0) is 43.7 Å². The molecule has 2 aliphatic rings. The quantitative estimate of drug-likeness (QED) is 0.653. The monoisotopic (exact) mass is 459 g/mol. The second-order valence-electron chi connectivity index (χ2n) is 7.74. The Hall–Kier alpha value is -3.03. The zero-order chi connectivity index (χ0) is 23.5. The van der Waals surface area contributed by atoms with E-state index < -0.39 is 22.9 Å². The lowest BCUT2D eigenvalue weighted by molar-refractivity contribution is -0.0884. The van der Waals surface area contributed by atoms with Gasteiger partial charge in [-0.25, -0.2) is 18.8 Å². The van der Waals surface area contributed by atoms with Crippen molar-refractivity contribution in [3.8, 4) is 6.07 Å². The molecule has 32 heavy (non-hydrogen) atoms. The van der Waals surface area contributed by atoms with Gasteiger partial charge in [0.2, 0.25) is 0 Å². The van der Waals surface area contributed by atoms with Crippen molar-refractivity contribution >= 4 is 22.8 Å². The van der Waals surface area contributed by atoms with Gasteiger partial charge in [0.05, 0.1) is 24.1 Å². The number of rotatable bonds is 5. The van der Waals surface area contributed by atoms with E-state index in [9.17, 15) is 9.18 Å². The minimum atomic E-state index is -1.77. The number of carbonyl (C=O) groups is 1. The molecule has 1 amide bonds. The van der Waals surface area contributed by atoms with E-state index in [0.29, 0.717) is 5.56 Å². The van der Waals surface area contributed by atoms with Gasteiger partial charge in [-0.15, -0.1) is 0 Å². The highest BCUT2D eigenvalue weighted by Gasteiger charge is 2.59. The van der Waals surface area contributed by atoms with Crippen molar-refractivity contribution in [3.63, 3.8) is 0 Å². The van der Waals surface area contributed by atoms with E-state index in [2.05, 4.69) is 21.9 Å². The number of nitrogens with two attached hydrogens (primary N) is 1. The zero-order valence-corrected chi connectivity index (χ0v) is 18.5. The molecule has 1 aromatic heterocycles. The molecule has 3 rings (SSSR count). The molecule has 0 spiro atoms. The molecule has 3 atom stereocenters. The van der Waals surface area contributed by atoms with Gasteiger partial charge >= 0.3 is 0 Å². The molecule has 168 valence electrons. The maximum absolute atomic E-state index is 16.1. The summed E-state index contributed by atoms with van der Waals surface area (Å²) in [6, 6.07) is 4.72. The lowest BCUT2D eigenvalue weighted by atomic mass is 9.72. The van der Waals surface area contributed by atoms with Gasteiger partial charge in [0.1, 0.15) is 17.3 Å².